The van der Waals surface area contributed by atoms with Gasteiger partial charge in [0.1, 0.15) is 0 Å². The van der Waals surface area contributed by atoms with Gasteiger partial charge in [-0.25, -0.2) is 0 Å². The van der Waals surface area contributed by atoms with Gasteiger partial charge in [-0.2, -0.15) is 0 Å². The van der Waals surface area contributed by atoms with Crippen LogP contribution in [0.3, 0.4) is 0 Å². The smallest absolute Gasteiger partial charge is 0.227 e. The van der Waals surface area contributed by atoms with Gasteiger partial charge in [0.25, 0.3) is 0 Å². The van der Waals surface area contributed by atoms with Crippen LogP contribution >= 0.6 is 0 Å². The third kappa shape index (κ3) is 3.96. The maximum Gasteiger partial charge on any atom is 0.227 e. The van der Waals surface area contributed by atoms with Crippen molar-refractivity contribution in [3.63, 3.8) is 0 Å². The molecule has 3 N–H and O–H groups in total. The second kappa shape index (κ2) is 6.97. The van der Waals surface area contributed by atoms with E-state index in [1.54, 1.807) is 0 Å². The molecule has 0 saturated heterocycles. The average molecular weight is 241 g/mol. The summed E-state index contributed by atoms with van der Waals surface area (Å²) in [4.78, 5) is 14.4. The highest BCUT2D eigenvalue weighted by atomic mass is 16.2. The number of rotatable bonds is 6. The highest BCUT2D eigenvalue weighted by molar-refractivity contribution is 5.83. The monoisotopic (exact) mass is 241 g/mol. The molecule has 4 nitrogen and oxygen atoms in total. The van der Waals surface area contributed by atoms with Crippen molar-refractivity contribution >= 4 is 5.91 Å². The molecule has 0 aromatic carbocycles. The molecule has 1 aliphatic rings. The van der Waals surface area contributed by atoms with Crippen molar-refractivity contribution < 1.29 is 4.79 Å². The molecule has 1 amide bonds. The molecule has 0 spiro atoms. The molecule has 100 valence electrons. The fraction of sp³-hybridized carbons (Fsp3) is 0.923. The fourth-order valence-electron chi connectivity index (χ4n) is 2.46. The zero-order valence-electron chi connectivity index (χ0n) is 11.3. The lowest BCUT2D eigenvalue weighted by molar-refractivity contribution is -0.132. The molecule has 0 atom stereocenters. The Kier molecular flexibility index (Phi) is 5.92. The Balaban J connectivity index is 2.38. The average Bonchev–Trinajstić information content (AvgIpc) is 2.39. The van der Waals surface area contributed by atoms with Gasteiger partial charge in [-0.3, -0.25) is 4.79 Å². The normalized spacial score (nSPS) is 19.3. The van der Waals surface area contributed by atoms with Crippen molar-refractivity contribution in [3.05, 3.63) is 0 Å². The molecule has 1 fully saturated rings. The summed E-state index contributed by atoms with van der Waals surface area (Å²) >= 11 is 0. The van der Waals surface area contributed by atoms with Crippen molar-refractivity contribution in [1.82, 2.24) is 10.2 Å². The molecule has 0 unspecified atom stereocenters. The molecule has 1 saturated carbocycles. The number of hydrogen-bond donors (Lipinski definition) is 2. The topological polar surface area (TPSA) is 58.4 Å². The Hall–Kier alpha value is -0.610. The van der Waals surface area contributed by atoms with Crippen LogP contribution in [0.25, 0.3) is 0 Å². The van der Waals surface area contributed by atoms with Gasteiger partial charge in [0.05, 0.1) is 5.41 Å². The van der Waals surface area contributed by atoms with E-state index >= 15 is 0 Å². The van der Waals surface area contributed by atoms with Crippen molar-refractivity contribution in [1.29, 1.82) is 0 Å². The van der Waals surface area contributed by atoms with Gasteiger partial charge in [-0.15, -0.1) is 0 Å². The standard InChI is InChI=1S/C13H27N3O/c1-3-16(2)10-9-15-12(17)13(11-14)7-5-4-6-8-13/h3-11,14H2,1-2H3,(H,15,17). The molecule has 4 heteroatoms. The number of nitrogens with one attached hydrogen (secondary N) is 1. The summed E-state index contributed by atoms with van der Waals surface area (Å²) in [6.07, 6.45) is 5.43. The van der Waals surface area contributed by atoms with E-state index in [9.17, 15) is 4.79 Å². The number of carbonyl (C=O) groups excluding carboxylic acids is 1. The zero-order valence-corrected chi connectivity index (χ0v) is 11.3. The summed E-state index contributed by atoms with van der Waals surface area (Å²) in [5.41, 5.74) is 5.55. The van der Waals surface area contributed by atoms with Crippen molar-refractivity contribution in [2.45, 2.75) is 39.0 Å². The molecule has 0 bridgehead atoms. The summed E-state index contributed by atoms with van der Waals surface area (Å²) in [7, 11) is 2.06. The largest absolute Gasteiger partial charge is 0.354 e. The summed E-state index contributed by atoms with van der Waals surface area (Å²) in [6.45, 7) is 5.25. The quantitative estimate of drug-likeness (QED) is 0.728. The van der Waals surface area contributed by atoms with E-state index in [4.69, 9.17) is 5.73 Å². The lowest BCUT2D eigenvalue weighted by Crippen LogP contribution is -2.48. The summed E-state index contributed by atoms with van der Waals surface area (Å²) < 4.78 is 0. The highest BCUT2D eigenvalue weighted by Gasteiger charge is 2.37. The Morgan fingerprint density at radius 2 is 2.00 bits per heavy atom. The first-order valence-electron chi connectivity index (χ1n) is 6.81. The first-order chi connectivity index (χ1) is 8.14. The summed E-state index contributed by atoms with van der Waals surface area (Å²) in [5, 5.41) is 3.05. The Labute approximate surface area is 105 Å². The highest BCUT2D eigenvalue weighted by Crippen LogP contribution is 2.35. The minimum atomic E-state index is -0.275. The van der Waals surface area contributed by atoms with Gasteiger partial charge in [0, 0.05) is 19.6 Å². The predicted molar refractivity (Wildman–Crippen MR) is 70.8 cm³/mol. The van der Waals surface area contributed by atoms with Crippen LogP contribution in [0.1, 0.15) is 39.0 Å². The Morgan fingerprint density at radius 1 is 1.35 bits per heavy atom. The minimum Gasteiger partial charge on any atom is -0.354 e. The van der Waals surface area contributed by atoms with Gasteiger partial charge >= 0.3 is 0 Å². The first-order valence-corrected chi connectivity index (χ1v) is 6.81. The van der Waals surface area contributed by atoms with Crippen molar-refractivity contribution in [3.8, 4) is 0 Å². The molecule has 1 rings (SSSR count). The SMILES string of the molecule is CCN(C)CCNC(=O)C1(CN)CCCCC1. The van der Waals surface area contributed by atoms with E-state index < -0.39 is 0 Å². The number of nitrogens with zero attached hydrogens (tertiary/aromatic N) is 1. The molecule has 1 aliphatic carbocycles. The predicted octanol–water partition coefficient (Wildman–Crippen LogP) is 0.964. The van der Waals surface area contributed by atoms with E-state index in [-0.39, 0.29) is 11.3 Å². The second-order valence-electron chi connectivity index (χ2n) is 5.20. The number of likely N-dealkylation sites (N-methyl/N-ethyl adjacent to an activating group) is 1. The molecule has 0 aromatic rings. The molecule has 0 aromatic heterocycles. The number of amides is 1. The van der Waals surface area contributed by atoms with Crippen LogP contribution in [0.15, 0.2) is 0 Å². The van der Waals surface area contributed by atoms with Gasteiger partial charge < -0.3 is 16.0 Å². The summed E-state index contributed by atoms with van der Waals surface area (Å²) in [6, 6.07) is 0. The number of carbonyl (C=O) groups is 1. The zero-order chi connectivity index (χ0) is 12.7. The van der Waals surface area contributed by atoms with Crippen LogP contribution < -0.4 is 11.1 Å². The maximum atomic E-state index is 12.2. The van der Waals surface area contributed by atoms with E-state index in [1.807, 2.05) is 0 Å². The van der Waals surface area contributed by atoms with Gasteiger partial charge in [-0.1, -0.05) is 26.2 Å². The van der Waals surface area contributed by atoms with Crippen LogP contribution in [0.4, 0.5) is 0 Å². The van der Waals surface area contributed by atoms with Crippen LogP contribution in [0, 0.1) is 5.41 Å². The van der Waals surface area contributed by atoms with Gasteiger partial charge in [0.2, 0.25) is 5.91 Å². The maximum absolute atomic E-state index is 12.2. The molecule has 17 heavy (non-hydrogen) atoms. The Morgan fingerprint density at radius 3 is 2.53 bits per heavy atom. The van der Waals surface area contributed by atoms with Gasteiger partial charge in [0.15, 0.2) is 0 Å². The van der Waals surface area contributed by atoms with Crippen LogP contribution in [-0.2, 0) is 4.79 Å². The lowest BCUT2D eigenvalue weighted by Gasteiger charge is -2.34. The molecular formula is C13H27N3O. The van der Waals surface area contributed by atoms with Gasteiger partial charge in [-0.05, 0) is 26.4 Å². The lowest BCUT2D eigenvalue weighted by atomic mass is 9.73. The van der Waals surface area contributed by atoms with E-state index in [0.717, 1.165) is 45.3 Å². The van der Waals surface area contributed by atoms with Crippen LogP contribution in [0.2, 0.25) is 0 Å². The van der Waals surface area contributed by atoms with Crippen molar-refractivity contribution in [2.24, 2.45) is 11.1 Å². The molecule has 0 aliphatic heterocycles. The molecule has 0 heterocycles. The summed E-state index contributed by atoms with van der Waals surface area (Å²) in [5.74, 6) is 0.171. The van der Waals surface area contributed by atoms with E-state index in [0.29, 0.717) is 6.54 Å². The number of hydrogen-bond acceptors (Lipinski definition) is 3. The van der Waals surface area contributed by atoms with Crippen LogP contribution in [-0.4, -0.2) is 44.0 Å². The first kappa shape index (κ1) is 14.5. The molecular weight excluding hydrogens is 214 g/mol. The second-order valence-corrected chi connectivity index (χ2v) is 5.20. The molecule has 0 radical (unpaired) electrons. The third-order valence-electron chi connectivity index (χ3n) is 4.00. The minimum absolute atomic E-state index is 0.171. The fourth-order valence-corrected chi connectivity index (χ4v) is 2.46. The third-order valence-corrected chi connectivity index (χ3v) is 4.00. The number of nitrogens with two attached hydrogens (primary N) is 1. The van der Waals surface area contributed by atoms with E-state index in [1.165, 1.54) is 6.42 Å². The van der Waals surface area contributed by atoms with Crippen LogP contribution in [0.5, 0.6) is 0 Å². The Bertz CT molecular complexity index is 237. The van der Waals surface area contributed by atoms with Crippen molar-refractivity contribution in [2.75, 3.05) is 33.2 Å². The van der Waals surface area contributed by atoms with E-state index in [2.05, 4.69) is 24.2 Å².